The van der Waals surface area contributed by atoms with Gasteiger partial charge in [0.1, 0.15) is 11.0 Å². The van der Waals surface area contributed by atoms with Gasteiger partial charge in [-0.1, -0.05) is 11.6 Å². The van der Waals surface area contributed by atoms with Crippen LogP contribution >= 0.6 is 11.6 Å². The predicted octanol–water partition coefficient (Wildman–Crippen LogP) is 1.53. The molecule has 0 saturated carbocycles. The van der Waals surface area contributed by atoms with E-state index in [1.165, 1.54) is 0 Å². The summed E-state index contributed by atoms with van der Waals surface area (Å²) < 4.78 is 0. The second-order valence-corrected chi connectivity index (χ2v) is 4.61. The lowest BCUT2D eigenvalue weighted by atomic mass is 9.99. The first-order valence-corrected chi connectivity index (χ1v) is 5.85. The number of aliphatic hydroxyl groups is 1. The Balaban J connectivity index is 2.16. The molecule has 0 amide bonds. The molecular weight excluding hydrogens is 226 g/mol. The monoisotopic (exact) mass is 241 g/mol. The molecule has 0 aliphatic carbocycles. The molecule has 0 bridgehead atoms. The highest BCUT2D eigenvalue weighted by atomic mass is 35.5. The number of aliphatic hydroxyl groups excluding tert-OH is 1. The summed E-state index contributed by atoms with van der Waals surface area (Å²) in [5, 5.41) is 9.58. The number of nitrogens with zero attached hydrogens (tertiary/aromatic N) is 2. The fourth-order valence-electron chi connectivity index (χ4n) is 2.09. The van der Waals surface area contributed by atoms with Crippen molar-refractivity contribution >= 4 is 23.1 Å². The summed E-state index contributed by atoms with van der Waals surface area (Å²) >= 11 is 5.87. The Morgan fingerprint density at radius 3 is 3.06 bits per heavy atom. The van der Waals surface area contributed by atoms with Crippen molar-refractivity contribution in [3.63, 3.8) is 0 Å². The van der Waals surface area contributed by atoms with Gasteiger partial charge in [-0.05, 0) is 24.8 Å². The lowest BCUT2D eigenvalue weighted by molar-refractivity contribution is 0.208. The van der Waals surface area contributed by atoms with Crippen LogP contribution in [0.15, 0.2) is 12.1 Å². The average Bonchev–Trinajstić information content (AvgIpc) is 2.28. The predicted molar refractivity (Wildman–Crippen MR) is 65.7 cm³/mol. The molecule has 1 aromatic rings. The van der Waals surface area contributed by atoms with E-state index >= 15 is 0 Å². The number of hydrogen-bond acceptors (Lipinski definition) is 4. The zero-order chi connectivity index (χ0) is 11.5. The molecule has 88 valence electrons. The maximum atomic E-state index is 9.17. The van der Waals surface area contributed by atoms with Gasteiger partial charge in [-0.15, -0.1) is 0 Å². The van der Waals surface area contributed by atoms with E-state index < -0.39 is 0 Å². The third-order valence-corrected chi connectivity index (χ3v) is 3.10. The van der Waals surface area contributed by atoms with Gasteiger partial charge in [-0.3, -0.25) is 0 Å². The first-order valence-electron chi connectivity index (χ1n) is 5.48. The summed E-state index contributed by atoms with van der Waals surface area (Å²) in [6.07, 6.45) is 2.14. The van der Waals surface area contributed by atoms with Crippen LogP contribution in [-0.4, -0.2) is 29.8 Å². The minimum Gasteiger partial charge on any atom is -0.399 e. The standard InChI is InChI=1S/C11H16ClN3O/c12-10-4-9(13)5-11(14-10)15-3-1-2-8(6-15)7-16/h4-5,8,16H,1-3,6-7H2,(H2,13,14). The number of piperidine rings is 1. The topological polar surface area (TPSA) is 62.4 Å². The largest absolute Gasteiger partial charge is 0.399 e. The van der Waals surface area contributed by atoms with E-state index in [4.69, 9.17) is 22.4 Å². The molecule has 0 spiro atoms. The number of halogens is 1. The zero-order valence-electron chi connectivity index (χ0n) is 9.06. The normalized spacial score (nSPS) is 21.1. The van der Waals surface area contributed by atoms with Crippen LogP contribution in [0.25, 0.3) is 0 Å². The van der Waals surface area contributed by atoms with E-state index in [0.717, 1.165) is 31.7 Å². The number of hydrogen-bond donors (Lipinski definition) is 2. The smallest absolute Gasteiger partial charge is 0.133 e. The van der Waals surface area contributed by atoms with Gasteiger partial charge in [0.25, 0.3) is 0 Å². The molecule has 1 aliphatic rings. The minimum atomic E-state index is 0.229. The Kier molecular flexibility index (Phi) is 3.51. The van der Waals surface area contributed by atoms with Crippen LogP contribution in [0.4, 0.5) is 11.5 Å². The number of nitrogens with two attached hydrogens (primary N) is 1. The van der Waals surface area contributed by atoms with Crippen LogP contribution in [0.1, 0.15) is 12.8 Å². The molecule has 0 aromatic carbocycles. The zero-order valence-corrected chi connectivity index (χ0v) is 9.82. The molecular formula is C11H16ClN3O. The highest BCUT2D eigenvalue weighted by molar-refractivity contribution is 6.29. The molecule has 4 nitrogen and oxygen atoms in total. The summed E-state index contributed by atoms with van der Waals surface area (Å²) in [6, 6.07) is 3.46. The van der Waals surface area contributed by atoms with Crippen molar-refractivity contribution in [3.05, 3.63) is 17.3 Å². The quantitative estimate of drug-likeness (QED) is 0.771. The molecule has 1 atom stereocenters. The molecule has 1 fully saturated rings. The Morgan fingerprint density at radius 1 is 1.56 bits per heavy atom. The number of aromatic nitrogens is 1. The number of anilines is 2. The van der Waals surface area contributed by atoms with Gasteiger partial charge in [0.05, 0.1) is 0 Å². The summed E-state index contributed by atoms with van der Waals surface area (Å²) in [6.45, 7) is 2.00. The molecule has 1 unspecified atom stereocenters. The van der Waals surface area contributed by atoms with Crippen molar-refractivity contribution in [2.75, 3.05) is 30.3 Å². The third kappa shape index (κ3) is 2.57. The van der Waals surface area contributed by atoms with E-state index in [1.807, 2.05) is 6.07 Å². The van der Waals surface area contributed by atoms with Crippen LogP contribution in [-0.2, 0) is 0 Å². The molecule has 1 aromatic heterocycles. The van der Waals surface area contributed by atoms with Gasteiger partial charge in [0, 0.05) is 31.5 Å². The highest BCUT2D eigenvalue weighted by Crippen LogP contribution is 2.24. The van der Waals surface area contributed by atoms with Gasteiger partial charge in [0.15, 0.2) is 0 Å². The second-order valence-electron chi connectivity index (χ2n) is 4.22. The van der Waals surface area contributed by atoms with Crippen molar-refractivity contribution in [2.45, 2.75) is 12.8 Å². The van der Waals surface area contributed by atoms with Gasteiger partial charge < -0.3 is 15.7 Å². The van der Waals surface area contributed by atoms with Gasteiger partial charge in [0.2, 0.25) is 0 Å². The first-order chi connectivity index (χ1) is 7.69. The summed E-state index contributed by atoms with van der Waals surface area (Å²) in [5.41, 5.74) is 6.36. The maximum absolute atomic E-state index is 9.17. The summed E-state index contributed by atoms with van der Waals surface area (Å²) in [5.74, 6) is 1.14. The fourth-order valence-corrected chi connectivity index (χ4v) is 2.30. The molecule has 5 heteroatoms. The van der Waals surface area contributed by atoms with Crippen molar-refractivity contribution in [1.29, 1.82) is 0 Å². The summed E-state index contributed by atoms with van der Waals surface area (Å²) in [4.78, 5) is 6.39. The van der Waals surface area contributed by atoms with Crippen molar-refractivity contribution in [3.8, 4) is 0 Å². The minimum absolute atomic E-state index is 0.229. The van der Waals surface area contributed by atoms with Crippen LogP contribution in [0.3, 0.4) is 0 Å². The van der Waals surface area contributed by atoms with E-state index in [0.29, 0.717) is 16.8 Å². The Bertz CT molecular complexity index is 352. The average molecular weight is 242 g/mol. The molecule has 2 heterocycles. The Morgan fingerprint density at radius 2 is 2.38 bits per heavy atom. The van der Waals surface area contributed by atoms with Crippen LogP contribution in [0, 0.1) is 5.92 Å². The molecule has 2 rings (SSSR count). The van der Waals surface area contributed by atoms with Crippen molar-refractivity contribution in [2.24, 2.45) is 5.92 Å². The second kappa shape index (κ2) is 4.89. The van der Waals surface area contributed by atoms with Crippen LogP contribution < -0.4 is 10.6 Å². The van der Waals surface area contributed by atoms with E-state index in [9.17, 15) is 0 Å². The SMILES string of the molecule is Nc1cc(Cl)nc(N2CCCC(CO)C2)c1. The Hall–Kier alpha value is -1.00. The van der Waals surface area contributed by atoms with Gasteiger partial charge in [-0.25, -0.2) is 4.98 Å². The van der Waals surface area contributed by atoms with Crippen molar-refractivity contribution in [1.82, 2.24) is 4.98 Å². The van der Waals surface area contributed by atoms with Crippen LogP contribution in [0.5, 0.6) is 0 Å². The number of pyridine rings is 1. The molecule has 16 heavy (non-hydrogen) atoms. The summed E-state index contributed by atoms with van der Waals surface area (Å²) in [7, 11) is 0. The van der Waals surface area contributed by atoms with Crippen molar-refractivity contribution < 1.29 is 5.11 Å². The van der Waals surface area contributed by atoms with Gasteiger partial charge >= 0.3 is 0 Å². The van der Waals surface area contributed by atoms with E-state index in [1.54, 1.807) is 6.07 Å². The highest BCUT2D eigenvalue weighted by Gasteiger charge is 2.20. The number of rotatable bonds is 2. The third-order valence-electron chi connectivity index (χ3n) is 2.90. The molecule has 0 radical (unpaired) electrons. The van der Waals surface area contributed by atoms with E-state index in [2.05, 4.69) is 9.88 Å². The first kappa shape index (κ1) is 11.5. The fraction of sp³-hybridized carbons (Fsp3) is 0.545. The Labute approximate surface area is 100 Å². The molecule has 3 N–H and O–H groups in total. The maximum Gasteiger partial charge on any atom is 0.133 e. The molecule has 1 aliphatic heterocycles. The lowest BCUT2D eigenvalue weighted by Crippen LogP contribution is -2.37. The van der Waals surface area contributed by atoms with Crippen LogP contribution in [0.2, 0.25) is 5.15 Å². The van der Waals surface area contributed by atoms with Gasteiger partial charge in [-0.2, -0.15) is 0 Å². The lowest BCUT2D eigenvalue weighted by Gasteiger charge is -2.32. The van der Waals surface area contributed by atoms with E-state index in [-0.39, 0.29) is 6.61 Å². The number of nitrogen functional groups attached to an aromatic ring is 1. The molecule has 1 saturated heterocycles.